The molecule has 0 amide bonds. The largest absolute Gasteiger partial charge is 0.364 e. The van der Waals surface area contributed by atoms with E-state index in [1.165, 1.54) is 29.7 Å². The Morgan fingerprint density at radius 3 is 2.25 bits per heavy atom. The number of hydrogen-bond acceptors (Lipinski definition) is 2. The lowest BCUT2D eigenvalue weighted by Crippen LogP contribution is -2.40. The van der Waals surface area contributed by atoms with Crippen molar-refractivity contribution in [2.75, 3.05) is 31.6 Å². The molecule has 1 aliphatic carbocycles. The molecule has 4 nitrogen and oxygen atoms in total. The van der Waals surface area contributed by atoms with Crippen molar-refractivity contribution in [3.05, 3.63) is 77.9 Å². The fourth-order valence-corrected chi connectivity index (χ4v) is 3.68. The molecule has 1 heterocycles. The van der Waals surface area contributed by atoms with Crippen LogP contribution in [-0.2, 0) is 12.0 Å². The maximum absolute atomic E-state index is 4.39. The molecule has 0 spiro atoms. The lowest BCUT2D eigenvalue weighted by atomic mass is 9.96. The highest BCUT2D eigenvalue weighted by Gasteiger charge is 2.43. The second-order valence-corrected chi connectivity index (χ2v) is 7.47. The molecular weight excluding hydrogens is 459 g/mol. The van der Waals surface area contributed by atoms with Crippen molar-refractivity contribution in [2.24, 2.45) is 4.99 Å². The molecule has 1 saturated carbocycles. The van der Waals surface area contributed by atoms with E-state index in [-0.39, 0.29) is 29.4 Å². The van der Waals surface area contributed by atoms with E-state index in [1.807, 2.05) is 7.05 Å². The highest BCUT2D eigenvalue weighted by atomic mass is 127. The molecule has 0 radical (unpaired) electrons. The van der Waals surface area contributed by atoms with Gasteiger partial charge in [-0.3, -0.25) is 4.99 Å². The van der Waals surface area contributed by atoms with Gasteiger partial charge in [-0.1, -0.05) is 54.6 Å². The Hall–Kier alpha value is -2.02. The molecule has 0 unspecified atom stereocenters. The summed E-state index contributed by atoms with van der Waals surface area (Å²) in [7, 11) is 1.83. The monoisotopic (exact) mass is 488 g/mol. The Morgan fingerprint density at radius 2 is 1.64 bits per heavy atom. The molecule has 2 aliphatic rings. The number of rotatable bonds is 6. The van der Waals surface area contributed by atoms with Gasteiger partial charge in [0.05, 0.1) is 0 Å². The van der Waals surface area contributed by atoms with Crippen LogP contribution in [0.25, 0.3) is 0 Å². The molecule has 2 aromatic rings. The standard InChI is InChI=1S/C23H28N4.HI/c1-24-22(26-18-23(13-14-23)20-7-3-2-4-8-20)25-17-19-9-11-21(12-10-19)27-15-5-6-16-27;/h2-12H,13-18H2,1H3,(H2,24,25,26);1H. The lowest BCUT2D eigenvalue weighted by Gasteiger charge is -2.20. The Morgan fingerprint density at radius 1 is 0.964 bits per heavy atom. The van der Waals surface area contributed by atoms with E-state index in [2.05, 4.69) is 87.3 Å². The van der Waals surface area contributed by atoms with Gasteiger partial charge in [0, 0.05) is 44.3 Å². The van der Waals surface area contributed by atoms with Crippen LogP contribution in [0.4, 0.5) is 5.69 Å². The van der Waals surface area contributed by atoms with Crippen molar-refractivity contribution < 1.29 is 0 Å². The molecule has 0 aromatic heterocycles. The second kappa shape index (κ2) is 9.45. The summed E-state index contributed by atoms with van der Waals surface area (Å²) in [4.78, 5) is 6.74. The van der Waals surface area contributed by atoms with E-state index in [0.29, 0.717) is 0 Å². The Labute approximate surface area is 185 Å². The van der Waals surface area contributed by atoms with Gasteiger partial charge in [-0.15, -0.1) is 24.0 Å². The number of anilines is 1. The van der Waals surface area contributed by atoms with Gasteiger partial charge in [-0.05, 0) is 36.1 Å². The minimum atomic E-state index is 0. The third-order valence-electron chi connectivity index (χ3n) is 5.64. The molecule has 1 aliphatic heterocycles. The molecule has 2 N–H and O–H groups in total. The van der Waals surface area contributed by atoms with Crippen molar-refractivity contribution >= 4 is 35.6 Å². The first-order valence-corrected chi connectivity index (χ1v) is 9.78. The van der Waals surface area contributed by atoms with Crippen LogP contribution in [0.3, 0.4) is 0 Å². The number of hydrogen-bond donors (Lipinski definition) is 2. The number of aliphatic imine (C=N–C) groups is 1. The molecule has 0 saturated heterocycles. The van der Waals surface area contributed by atoms with Crippen molar-refractivity contribution in [3.8, 4) is 0 Å². The topological polar surface area (TPSA) is 39.7 Å². The van der Waals surface area contributed by atoms with Crippen molar-refractivity contribution in [2.45, 2.75) is 24.8 Å². The predicted molar refractivity (Wildman–Crippen MR) is 129 cm³/mol. The lowest BCUT2D eigenvalue weighted by molar-refractivity contribution is 0.645. The SMILES string of the molecule is CN=C(NCc1ccc(N2CC=CC2)cc1)NCC1(c2ccccc2)CC1.I. The highest BCUT2D eigenvalue weighted by molar-refractivity contribution is 14.0. The van der Waals surface area contributed by atoms with Gasteiger partial charge in [-0.25, -0.2) is 0 Å². The van der Waals surface area contributed by atoms with E-state index < -0.39 is 0 Å². The Kier molecular flexibility index (Phi) is 6.99. The van der Waals surface area contributed by atoms with Crippen LogP contribution in [0, 0.1) is 0 Å². The van der Waals surface area contributed by atoms with E-state index in [9.17, 15) is 0 Å². The zero-order valence-corrected chi connectivity index (χ0v) is 18.7. The van der Waals surface area contributed by atoms with Crippen LogP contribution in [0.2, 0.25) is 0 Å². The Balaban J connectivity index is 0.00000225. The summed E-state index contributed by atoms with van der Waals surface area (Å²) in [6.45, 7) is 3.72. The van der Waals surface area contributed by atoms with E-state index in [4.69, 9.17) is 0 Å². The van der Waals surface area contributed by atoms with Crippen LogP contribution in [0.15, 0.2) is 71.7 Å². The minimum Gasteiger partial charge on any atom is -0.364 e. The summed E-state index contributed by atoms with van der Waals surface area (Å²) in [5.41, 5.74) is 4.26. The fourth-order valence-electron chi connectivity index (χ4n) is 3.68. The number of benzene rings is 2. The molecular formula is C23H29IN4. The third kappa shape index (κ3) is 4.87. The van der Waals surface area contributed by atoms with Crippen molar-refractivity contribution in [1.82, 2.24) is 10.6 Å². The van der Waals surface area contributed by atoms with Crippen molar-refractivity contribution in [3.63, 3.8) is 0 Å². The van der Waals surface area contributed by atoms with Crippen LogP contribution in [0.1, 0.15) is 24.0 Å². The van der Waals surface area contributed by atoms with Crippen molar-refractivity contribution in [1.29, 1.82) is 0 Å². The third-order valence-corrected chi connectivity index (χ3v) is 5.64. The molecule has 1 fully saturated rings. The first-order chi connectivity index (χ1) is 13.3. The van der Waals surface area contributed by atoms with Gasteiger partial charge in [0.2, 0.25) is 0 Å². The van der Waals surface area contributed by atoms with Gasteiger partial charge < -0.3 is 15.5 Å². The van der Waals surface area contributed by atoms with Crippen LogP contribution in [-0.4, -0.2) is 32.6 Å². The van der Waals surface area contributed by atoms with E-state index >= 15 is 0 Å². The molecule has 0 atom stereocenters. The maximum Gasteiger partial charge on any atom is 0.191 e. The summed E-state index contributed by atoms with van der Waals surface area (Å²) in [5, 5.41) is 6.96. The zero-order chi connectivity index (χ0) is 18.5. The predicted octanol–water partition coefficient (Wildman–Crippen LogP) is 4.08. The summed E-state index contributed by atoms with van der Waals surface area (Å²) in [6, 6.07) is 19.6. The normalized spacial score (nSPS) is 17.2. The average molecular weight is 488 g/mol. The summed E-state index contributed by atoms with van der Waals surface area (Å²) < 4.78 is 0. The van der Waals surface area contributed by atoms with Gasteiger partial charge in [0.15, 0.2) is 5.96 Å². The summed E-state index contributed by atoms with van der Waals surface area (Å²) in [5.74, 6) is 0.866. The number of halogens is 1. The summed E-state index contributed by atoms with van der Waals surface area (Å²) in [6.07, 6.45) is 6.92. The Bertz CT molecular complexity index is 802. The molecule has 2 aromatic carbocycles. The second-order valence-electron chi connectivity index (χ2n) is 7.47. The highest BCUT2D eigenvalue weighted by Crippen LogP contribution is 2.47. The fraction of sp³-hybridized carbons (Fsp3) is 0.348. The molecule has 0 bridgehead atoms. The first-order valence-electron chi connectivity index (χ1n) is 9.78. The van der Waals surface area contributed by atoms with Gasteiger partial charge in [0.25, 0.3) is 0 Å². The molecule has 4 rings (SSSR count). The van der Waals surface area contributed by atoms with Gasteiger partial charge in [0.1, 0.15) is 0 Å². The molecule has 28 heavy (non-hydrogen) atoms. The maximum atomic E-state index is 4.39. The molecule has 5 heteroatoms. The smallest absolute Gasteiger partial charge is 0.191 e. The number of nitrogens with zero attached hydrogens (tertiary/aromatic N) is 2. The van der Waals surface area contributed by atoms with Crippen LogP contribution >= 0.6 is 24.0 Å². The number of guanidine groups is 1. The van der Waals surface area contributed by atoms with Gasteiger partial charge >= 0.3 is 0 Å². The van der Waals surface area contributed by atoms with Gasteiger partial charge in [-0.2, -0.15) is 0 Å². The van der Waals surface area contributed by atoms with Crippen LogP contribution in [0.5, 0.6) is 0 Å². The summed E-state index contributed by atoms with van der Waals surface area (Å²) >= 11 is 0. The first kappa shape index (κ1) is 20.7. The zero-order valence-electron chi connectivity index (χ0n) is 16.4. The van der Waals surface area contributed by atoms with E-state index in [1.54, 1.807) is 0 Å². The average Bonchev–Trinajstić information content (AvgIpc) is 3.32. The molecule has 148 valence electrons. The van der Waals surface area contributed by atoms with Crippen LogP contribution < -0.4 is 15.5 Å². The quantitative estimate of drug-likeness (QED) is 0.279. The number of nitrogens with one attached hydrogen (secondary N) is 2. The van der Waals surface area contributed by atoms with E-state index in [0.717, 1.165) is 32.1 Å². The minimum absolute atomic E-state index is 0.